The first-order chi connectivity index (χ1) is 5.20. The van der Waals surface area contributed by atoms with Crippen LogP contribution in [-0.4, -0.2) is 119 Å². The fourth-order valence-corrected chi connectivity index (χ4v) is 0. The first kappa shape index (κ1) is 60.8. The number of hydrogen-bond donors (Lipinski definition) is 0. The van der Waals surface area contributed by atoms with Crippen LogP contribution >= 0.6 is 0 Å². The molecule has 0 amide bonds. The van der Waals surface area contributed by atoms with Gasteiger partial charge in [-0.2, -0.15) is 0 Å². The Kier molecular flexibility index (Phi) is 174. The summed E-state index contributed by atoms with van der Waals surface area (Å²) in [6.07, 6.45) is 0. The molecule has 0 atom stereocenters. The van der Waals surface area contributed by atoms with Crippen molar-refractivity contribution in [2.24, 2.45) is 0 Å². The molecule has 0 radical (unpaired) electrons. The van der Waals surface area contributed by atoms with E-state index in [4.69, 9.17) is 42.2 Å². The van der Waals surface area contributed by atoms with Crippen molar-refractivity contribution in [1.29, 1.82) is 0 Å². The molecule has 0 aromatic rings. The Balaban J connectivity index is -0.00000000409. The summed E-state index contributed by atoms with van der Waals surface area (Å²) in [5, 5.41) is 0. The van der Waals surface area contributed by atoms with Crippen LogP contribution in [-0.2, 0) is 13.4 Å². The second-order valence-corrected chi connectivity index (χ2v) is 2.25. The quantitative estimate of drug-likeness (QED) is 0.366. The van der Waals surface area contributed by atoms with Gasteiger partial charge in [-0.15, -0.1) is 0 Å². The van der Waals surface area contributed by atoms with Crippen LogP contribution in [0.5, 0.6) is 0 Å². The van der Waals surface area contributed by atoms with E-state index in [1.54, 1.807) is 0 Å². The smallest absolute Gasteiger partial charge is 1.00 e. The molecule has 18 heavy (non-hydrogen) atoms. The minimum atomic E-state index is -3.63. The van der Waals surface area contributed by atoms with Gasteiger partial charge in [0.15, 0.2) is 0 Å². The second kappa shape index (κ2) is 51.5. The van der Waals surface area contributed by atoms with Crippen molar-refractivity contribution in [3.63, 3.8) is 0 Å². The molecule has 0 saturated heterocycles. The predicted molar refractivity (Wildman–Crippen MR) is 54.0 cm³/mol. The van der Waals surface area contributed by atoms with Crippen molar-refractivity contribution < 1.29 is 58.8 Å². The first-order valence-corrected chi connectivity index (χ1v) is 5.51. The van der Waals surface area contributed by atoms with Gasteiger partial charge in [-0.3, -0.25) is 0 Å². The number of hydrogen-bond acceptors (Lipinski definition) is 9. The molecule has 0 aromatic heterocycles. The zero-order valence-electron chi connectivity index (χ0n) is 12.7. The Morgan fingerprint density at radius 1 is 0.556 bits per heavy atom. The largest absolute Gasteiger partial charge is 3.00 e. The molecule has 0 bridgehead atoms. The molecule has 0 aliphatic heterocycles. The summed E-state index contributed by atoms with van der Waals surface area (Å²) in [5.74, 6) is 0. The van der Waals surface area contributed by atoms with Crippen LogP contribution in [0.3, 0.4) is 0 Å². The fourth-order valence-electron chi connectivity index (χ4n) is 0. The zero-order chi connectivity index (χ0) is 10.7. The van der Waals surface area contributed by atoms with Gasteiger partial charge < -0.3 is 58.8 Å². The van der Waals surface area contributed by atoms with E-state index in [0.717, 1.165) is 0 Å². The summed E-state index contributed by atoms with van der Waals surface area (Å²) in [7, 11) is -10.9. The Bertz CT molecular complexity index is 141. The number of rotatable bonds is 0. The Labute approximate surface area is 166 Å². The molecule has 0 unspecified atom stereocenters. The maximum Gasteiger partial charge on any atom is 3.00 e. The van der Waals surface area contributed by atoms with E-state index in [1.807, 2.05) is 0 Å². The van der Waals surface area contributed by atoms with Crippen molar-refractivity contribution in [2.45, 2.75) is 0 Å². The van der Waals surface area contributed by atoms with Crippen molar-refractivity contribution in [3.8, 4) is 0 Å². The molecule has 0 rings (SSSR count). The zero-order valence-corrected chi connectivity index (χ0v) is 16.9. The van der Waals surface area contributed by atoms with Crippen molar-refractivity contribution in [3.05, 3.63) is 0 Å². The van der Waals surface area contributed by atoms with Crippen LogP contribution in [0.1, 0.15) is 5.71 Å². The third-order valence-corrected chi connectivity index (χ3v) is 0. The summed E-state index contributed by atoms with van der Waals surface area (Å²) < 4.78 is 25.6. The average molecular weight is 371 g/mol. The molecule has 0 fully saturated rings. The van der Waals surface area contributed by atoms with Gasteiger partial charge in [-0.1, -0.05) is 0 Å². The molecule has 0 heterocycles. The fraction of sp³-hybridized carbons (Fsp3) is 0. The van der Waals surface area contributed by atoms with E-state index in [9.17, 15) is 0 Å². The van der Waals surface area contributed by atoms with Crippen LogP contribution in [0.2, 0.25) is 0 Å². The van der Waals surface area contributed by atoms with Gasteiger partial charge in [0.2, 0.25) is 0 Å². The minimum absolute atomic E-state index is 0. The SMILES string of the molecule is O.O.O=[Si]([O-])[O-].O=[Si]([O-])[O-].O=[Si]([O-])[O-].[Al+3].[Al+3].[H-].[H-].[H-].[H-].[Mg+2].[Mg+2]. The molecule has 0 saturated carbocycles. The molecule has 0 aliphatic rings. The molecule has 18 heteroatoms. The van der Waals surface area contributed by atoms with E-state index >= 15 is 0 Å². The molecular formula is H8Al2Mg2O11Si3. The van der Waals surface area contributed by atoms with Gasteiger partial charge in [-0.05, 0) is 0 Å². The van der Waals surface area contributed by atoms with Crippen molar-refractivity contribution in [2.75, 3.05) is 0 Å². The summed E-state index contributed by atoms with van der Waals surface area (Å²) >= 11 is 0. The topological polar surface area (TPSA) is 253 Å². The van der Waals surface area contributed by atoms with Crippen molar-refractivity contribution >= 4 is 108 Å². The monoisotopic (exact) mass is 370 g/mol. The molecule has 0 aliphatic carbocycles. The van der Waals surface area contributed by atoms with E-state index < -0.39 is 27.5 Å². The van der Waals surface area contributed by atoms with Crippen LogP contribution in [0, 0.1) is 0 Å². The minimum Gasteiger partial charge on any atom is -1.00 e. The van der Waals surface area contributed by atoms with E-state index in [-0.39, 0.29) is 97.5 Å². The summed E-state index contributed by atoms with van der Waals surface area (Å²) in [5.41, 5.74) is 0. The third kappa shape index (κ3) is 2490. The molecule has 0 aromatic carbocycles. The predicted octanol–water partition coefficient (Wildman–Crippen LogP) is -11.4. The van der Waals surface area contributed by atoms with Gasteiger partial charge in [0, 0.05) is 27.5 Å². The van der Waals surface area contributed by atoms with Crippen molar-refractivity contribution in [1.82, 2.24) is 0 Å². The summed E-state index contributed by atoms with van der Waals surface area (Å²) in [6, 6.07) is 0. The van der Waals surface area contributed by atoms with Gasteiger partial charge in [0.05, 0.1) is 0 Å². The standard InChI is InChI=1S/2Al.2Mg.3O3Si.2H2O.4H/c;;;;3*1-4(2)3;;;;;;/h;;;;;;;2*1H2;;;;/q2*+3;2*+2;3*-2;;;4*-1. The maximum absolute atomic E-state index is 8.52. The second-order valence-electron chi connectivity index (χ2n) is 0.750. The van der Waals surface area contributed by atoms with Crippen LogP contribution in [0.15, 0.2) is 0 Å². The van der Waals surface area contributed by atoms with Gasteiger partial charge in [0.1, 0.15) is 0 Å². The van der Waals surface area contributed by atoms with Crippen LogP contribution < -0.4 is 28.8 Å². The van der Waals surface area contributed by atoms with E-state index in [1.165, 1.54) is 0 Å². The molecular weight excluding hydrogens is 363 g/mol. The molecule has 11 nitrogen and oxygen atoms in total. The Morgan fingerprint density at radius 3 is 0.556 bits per heavy atom. The average Bonchev–Trinajstić information content (AvgIpc) is 1.54. The van der Waals surface area contributed by atoms with E-state index in [0.29, 0.717) is 0 Å². The van der Waals surface area contributed by atoms with Gasteiger partial charge in [0.25, 0.3) is 0 Å². The summed E-state index contributed by atoms with van der Waals surface area (Å²) in [4.78, 5) is 51.1. The molecule has 0 spiro atoms. The molecule has 96 valence electrons. The third-order valence-electron chi connectivity index (χ3n) is 0. The van der Waals surface area contributed by atoms with Crippen LogP contribution in [0.25, 0.3) is 0 Å². The van der Waals surface area contributed by atoms with Crippen LogP contribution in [0.4, 0.5) is 0 Å². The van der Waals surface area contributed by atoms with Gasteiger partial charge in [-0.25, -0.2) is 0 Å². The Hall–Kier alpha value is 1.37. The summed E-state index contributed by atoms with van der Waals surface area (Å²) in [6.45, 7) is 0. The normalized spacial score (nSPS) is 4.00. The van der Waals surface area contributed by atoms with E-state index in [2.05, 4.69) is 0 Å². The van der Waals surface area contributed by atoms with Gasteiger partial charge >= 0.3 is 80.8 Å². The maximum atomic E-state index is 8.52. The Morgan fingerprint density at radius 2 is 0.556 bits per heavy atom. The first-order valence-electron chi connectivity index (χ1n) is 1.84. The molecule has 4 N–H and O–H groups in total.